The van der Waals surface area contributed by atoms with E-state index in [2.05, 4.69) is 54.2 Å². The summed E-state index contributed by atoms with van der Waals surface area (Å²) < 4.78 is 0. The number of hydrogen-bond donors (Lipinski definition) is 2. The topological polar surface area (TPSA) is 95.5 Å². The smallest absolute Gasteiger partial charge is 0.231 e. The van der Waals surface area contributed by atoms with Crippen LogP contribution in [0.1, 0.15) is 20.8 Å². The molecule has 8 nitrogen and oxygen atoms in total. The molecule has 0 saturated heterocycles. The fraction of sp³-hybridized carbons (Fsp3) is 0.545. The number of aromatic amines is 1. The molecule has 2 heterocycles. The van der Waals surface area contributed by atoms with Crippen LogP contribution in [0.5, 0.6) is 0 Å². The highest BCUT2D eigenvalue weighted by molar-refractivity contribution is 7.99. The summed E-state index contributed by atoms with van der Waals surface area (Å²) in [5, 5.41) is 11.0. The summed E-state index contributed by atoms with van der Waals surface area (Å²) in [4.78, 5) is 19.4. The van der Waals surface area contributed by atoms with Gasteiger partial charge in [-0.1, -0.05) is 0 Å². The van der Waals surface area contributed by atoms with Gasteiger partial charge in [0.2, 0.25) is 17.1 Å². The molecule has 0 aliphatic heterocycles. The van der Waals surface area contributed by atoms with Gasteiger partial charge in [0.1, 0.15) is 6.33 Å². The molecule has 2 rings (SSSR count). The third kappa shape index (κ3) is 3.56. The Morgan fingerprint density at radius 2 is 2.00 bits per heavy atom. The molecule has 0 atom stereocenters. The van der Waals surface area contributed by atoms with E-state index < -0.39 is 0 Å². The van der Waals surface area contributed by atoms with E-state index in [-0.39, 0.29) is 0 Å². The second-order valence-electron chi connectivity index (χ2n) is 3.84. The predicted molar refractivity (Wildman–Crippen MR) is 78.1 cm³/mol. The molecule has 0 aliphatic carbocycles. The molecule has 9 heteroatoms. The normalized spacial score (nSPS) is 10.6. The first-order valence-electron chi connectivity index (χ1n) is 6.54. The first kappa shape index (κ1) is 14.5. The molecule has 2 N–H and O–H groups in total. The van der Waals surface area contributed by atoms with Crippen molar-refractivity contribution in [3.63, 3.8) is 0 Å². The minimum Gasteiger partial charge on any atom is -0.354 e. The standard InChI is InChI=1S/C11H18N8S/c1-4-12-8-15-9(19(5-2)6-3)17-11(16-8)20-10-13-7-14-18-10/h7H,4-6H2,1-3H3,(H,13,14,18)(H,12,15,16,17). The molecular weight excluding hydrogens is 276 g/mol. The third-order valence-electron chi connectivity index (χ3n) is 2.57. The van der Waals surface area contributed by atoms with Gasteiger partial charge in [-0.05, 0) is 32.5 Å². The van der Waals surface area contributed by atoms with Gasteiger partial charge in [0.25, 0.3) is 0 Å². The lowest BCUT2D eigenvalue weighted by Gasteiger charge is -2.19. The van der Waals surface area contributed by atoms with Gasteiger partial charge in [-0.15, -0.1) is 0 Å². The first-order chi connectivity index (χ1) is 9.76. The fourth-order valence-corrected chi connectivity index (χ4v) is 2.24. The average Bonchev–Trinajstić information content (AvgIpc) is 2.93. The molecule has 0 radical (unpaired) electrons. The summed E-state index contributed by atoms with van der Waals surface area (Å²) in [5.74, 6) is 1.24. The van der Waals surface area contributed by atoms with Crippen molar-refractivity contribution in [2.24, 2.45) is 0 Å². The van der Waals surface area contributed by atoms with Crippen molar-refractivity contribution in [3.05, 3.63) is 6.33 Å². The van der Waals surface area contributed by atoms with Gasteiger partial charge in [0.15, 0.2) is 5.16 Å². The molecule has 0 unspecified atom stereocenters. The van der Waals surface area contributed by atoms with Crippen LogP contribution in [-0.4, -0.2) is 49.8 Å². The minimum atomic E-state index is 0.575. The molecule has 0 aliphatic rings. The van der Waals surface area contributed by atoms with Crippen molar-refractivity contribution in [1.29, 1.82) is 0 Å². The van der Waals surface area contributed by atoms with Crippen LogP contribution in [0.2, 0.25) is 0 Å². The molecule has 2 aromatic rings. The molecule has 2 aromatic heterocycles. The Morgan fingerprint density at radius 3 is 2.60 bits per heavy atom. The summed E-state index contributed by atoms with van der Waals surface area (Å²) in [5.41, 5.74) is 0. The molecule has 0 spiro atoms. The van der Waals surface area contributed by atoms with Crippen molar-refractivity contribution in [2.45, 2.75) is 31.1 Å². The van der Waals surface area contributed by atoms with Crippen LogP contribution in [0.25, 0.3) is 0 Å². The monoisotopic (exact) mass is 294 g/mol. The summed E-state index contributed by atoms with van der Waals surface area (Å²) in [6, 6.07) is 0. The second-order valence-corrected chi connectivity index (χ2v) is 4.79. The van der Waals surface area contributed by atoms with E-state index in [1.54, 1.807) is 0 Å². The van der Waals surface area contributed by atoms with Gasteiger partial charge in [0, 0.05) is 19.6 Å². The third-order valence-corrected chi connectivity index (χ3v) is 3.32. The predicted octanol–water partition coefficient (Wildman–Crippen LogP) is 1.42. The fourth-order valence-electron chi connectivity index (χ4n) is 1.61. The summed E-state index contributed by atoms with van der Waals surface area (Å²) in [7, 11) is 0. The highest BCUT2D eigenvalue weighted by Gasteiger charge is 2.12. The van der Waals surface area contributed by atoms with Crippen LogP contribution in [0.3, 0.4) is 0 Å². The molecule has 0 bridgehead atoms. The van der Waals surface area contributed by atoms with E-state index in [1.807, 2.05) is 6.92 Å². The van der Waals surface area contributed by atoms with Gasteiger partial charge in [-0.2, -0.15) is 20.1 Å². The zero-order chi connectivity index (χ0) is 14.4. The van der Waals surface area contributed by atoms with Crippen LogP contribution >= 0.6 is 11.8 Å². The molecular formula is C11H18N8S. The maximum atomic E-state index is 4.47. The van der Waals surface area contributed by atoms with Crippen molar-refractivity contribution in [3.8, 4) is 0 Å². The van der Waals surface area contributed by atoms with E-state index in [1.165, 1.54) is 18.1 Å². The SMILES string of the molecule is CCNc1nc(Sc2ncn[nH]2)nc(N(CC)CC)n1. The summed E-state index contributed by atoms with van der Waals surface area (Å²) in [6.45, 7) is 8.60. The van der Waals surface area contributed by atoms with Gasteiger partial charge >= 0.3 is 0 Å². The largest absolute Gasteiger partial charge is 0.354 e. The van der Waals surface area contributed by atoms with Crippen LogP contribution in [0.15, 0.2) is 16.6 Å². The quantitative estimate of drug-likeness (QED) is 0.791. The molecule has 20 heavy (non-hydrogen) atoms. The maximum absolute atomic E-state index is 4.47. The molecule has 0 amide bonds. The Bertz CT molecular complexity index is 525. The van der Waals surface area contributed by atoms with E-state index >= 15 is 0 Å². The zero-order valence-electron chi connectivity index (χ0n) is 11.8. The van der Waals surface area contributed by atoms with Crippen LogP contribution < -0.4 is 10.2 Å². The number of nitrogens with one attached hydrogen (secondary N) is 2. The number of hydrogen-bond acceptors (Lipinski definition) is 8. The lowest BCUT2D eigenvalue weighted by Crippen LogP contribution is -2.25. The Balaban J connectivity index is 2.29. The Kier molecular flexibility index (Phi) is 5.10. The van der Waals surface area contributed by atoms with E-state index in [9.17, 15) is 0 Å². The number of aromatic nitrogens is 6. The van der Waals surface area contributed by atoms with E-state index in [0.717, 1.165) is 19.6 Å². The average molecular weight is 294 g/mol. The van der Waals surface area contributed by atoms with E-state index in [0.29, 0.717) is 22.2 Å². The van der Waals surface area contributed by atoms with Gasteiger partial charge in [-0.25, -0.2) is 4.98 Å². The Morgan fingerprint density at radius 1 is 1.20 bits per heavy atom. The Labute approximate surface area is 121 Å². The highest BCUT2D eigenvalue weighted by atomic mass is 32.2. The lowest BCUT2D eigenvalue weighted by atomic mass is 10.5. The van der Waals surface area contributed by atoms with Crippen molar-refractivity contribution in [2.75, 3.05) is 29.9 Å². The van der Waals surface area contributed by atoms with Crippen LogP contribution in [0, 0.1) is 0 Å². The Hall–Kier alpha value is -1.90. The van der Waals surface area contributed by atoms with E-state index in [4.69, 9.17) is 0 Å². The van der Waals surface area contributed by atoms with Crippen molar-refractivity contribution in [1.82, 2.24) is 30.1 Å². The first-order valence-corrected chi connectivity index (χ1v) is 7.36. The number of anilines is 2. The highest BCUT2D eigenvalue weighted by Crippen LogP contribution is 2.23. The molecule has 108 valence electrons. The zero-order valence-corrected chi connectivity index (χ0v) is 12.6. The van der Waals surface area contributed by atoms with Crippen molar-refractivity contribution >= 4 is 23.7 Å². The minimum absolute atomic E-state index is 0.575. The number of nitrogens with zero attached hydrogens (tertiary/aromatic N) is 6. The molecule has 0 saturated carbocycles. The van der Waals surface area contributed by atoms with Gasteiger partial charge < -0.3 is 10.2 Å². The molecule has 0 aromatic carbocycles. The number of H-pyrrole nitrogens is 1. The van der Waals surface area contributed by atoms with Gasteiger partial charge in [-0.3, -0.25) is 5.10 Å². The molecule has 0 fully saturated rings. The second kappa shape index (κ2) is 7.04. The summed E-state index contributed by atoms with van der Waals surface area (Å²) >= 11 is 1.33. The number of rotatable bonds is 7. The van der Waals surface area contributed by atoms with Crippen LogP contribution in [0.4, 0.5) is 11.9 Å². The van der Waals surface area contributed by atoms with Gasteiger partial charge in [0.05, 0.1) is 0 Å². The lowest BCUT2D eigenvalue weighted by molar-refractivity contribution is 0.781. The van der Waals surface area contributed by atoms with Crippen molar-refractivity contribution < 1.29 is 0 Å². The summed E-state index contributed by atoms with van der Waals surface area (Å²) in [6.07, 6.45) is 1.46. The maximum Gasteiger partial charge on any atom is 0.231 e. The van der Waals surface area contributed by atoms with Crippen LogP contribution in [-0.2, 0) is 0 Å².